The fourth-order valence-corrected chi connectivity index (χ4v) is 3.36. The van der Waals surface area contributed by atoms with Crippen LogP contribution in [0.4, 0.5) is 5.69 Å². The largest absolute Gasteiger partial charge is 0.326 e. The first-order chi connectivity index (χ1) is 9.59. The van der Waals surface area contributed by atoms with E-state index in [1.54, 1.807) is 12.1 Å². The number of aromatic amines is 1. The lowest BCUT2D eigenvalue weighted by atomic mass is 10.2. The smallest absolute Gasteiger partial charge is 0.267 e. The van der Waals surface area contributed by atoms with Gasteiger partial charge < -0.3 is 5.73 Å². The molecule has 0 aliphatic carbocycles. The van der Waals surface area contributed by atoms with Crippen molar-refractivity contribution in [3.05, 3.63) is 42.2 Å². The summed E-state index contributed by atoms with van der Waals surface area (Å²) in [6.45, 7) is 2.78. The Hall–Kier alpha value is -1.86. The van der Waals surface area contributed by atoms with Crippen LogP contribution in [0.15, 0.2) is 41.6 Å². The number of hydrogen-bond acceptors (Lipinski definition) is 4. The van der Waals surface area contributed by atoms with Gasteiger partial charge in [-0.1, -0.05) is 19.1 Å². The van der Waals surface area contributed by atoms with Gasteiger partial charge in [0.05, 0.1) is 11.9 Å². The summed E-state index contributed by atoms with van der Waals surface area (Å²) in [6.07, 6.45) is 3.41. The fourth-order valence-electron chi connectivity index (χ4n) is 1.90. The SMILES string of the molecule is CCCN(c1ccc(CN)cc1)S(=O)(=O)c1cn[nH]c1. The molecule has 0 atom stereocenters. The van der Waals surface area contributed by atoms with E-state index in [0.717, 1.165) is 12.0 Å². The zero-order valence-corrected chi connectivity index (χ0v) is 12.1. The molecule has 108 valence electrons. The minimum absolute atomic E-state index is 0.161. The molecule has 1 aromatic heterocycles. The van der Waals surface area contributed by atoms with Gasteiger partial charge >= 0.3 is 0 Å². The standard InChI is InChI=1S/C13H18N4O2S/c1-2-7-17(12-5-3-11(8-14)4-6-12)20(18,19)13-9-15-16-10-13/h3-6,9-10H,2,7-8,14H2,1H3,(H,15,16). The minimum atomic E-state index is -3.58. The highest BCUT2D eigenvalue weighted by Crippen LogP contribution is 2.23. The van der Waals surface area contributed by atoms with E-state index in [2.05, 4.69) is 10.2 Å². The lowest BCUT2D eigenvalue weighted by molar-refractivity contribution is 0.590. The van der Waals surface area contributed by atoms with E-state index in [9.17, 15) is 8.42 Å². The van der Waals surface area contributed by atoms with Crippen LogP contribution in [0.1, 0.15) is 18.9 Å². The lowest BCUT2D eigenvalue weighted by Crippen LogP contribution is -2.31. The number of rotatable bonds is 6. The Morgan fingerprint density at radius 3 is 2.50 bits per heavy atom. The van der Waals surface area contributed by atoms with Gasteiger partial charge in [0.15, 0.2) is 0 Å². The van der Waals surface area contributed by atoms with Crippen LogP contribution in [0.3, 0.4) is 0 Å². The average Bonchev–Trinajstić information content (AvgIpc) is 3.00. The first-order valence-electron chi connectivity index (χ1n) is 6.40. The second kappa shape index (κ2) is 6.06. The summed E-state index contributed by atoms with van der Waals surface area (Å²) in [6, 6.07) is 7.22. The number of nitrogens with zero attached hydrogens (tertiary/aromatic N) is 2. The molecular formula is C13H18N4O2S. The summed E-state index contributed by atoms with van der Waals surface area (Å²) in [5, 5.41) is 6.23. The van der Waals surface area contributed by atoms with E-state index in [4.69, 9.17) is 5.73 Å². The van der Waals surface area contributed by atoms with E-state index in [-0.39, 0.29) is 4.90 Å². The van der Waals surface area contributed by atoms with Crippen molar-refractivity contribution in [2.75, 3.05) is 10.8 Å². The maximum atomic E-state index is 12.6. The molecule has 1 heterocycles. The topological polar surface area (TPSA) is 92.1 Å². The van der Waals surface area contributed by atoms with Gasteiger partial charge in [-0.25, -0.2) is 8.42 Å². The van der Waals surface area contributed by atoms with Crippen LogP contribution in [0.2, 0.25) is 0 Å². The van der Waals surface area contributed by atoms with E-state index in [1.807, 2.05) is 19.1 Å². The molecule has 1 aromatic carbocycles. The van der Waals surface area contributed by atoms with Crippen molar-refractivity contribution in [1.29, 1.82) is 0 Å². The number of aromatic nitrogens is 2. The summed E-state index contributed by atoms with van der Waals surface area (Å²) in [4.78, 5) is 0.161. The first-order valence-corrected chi connectivity index (χ1v) is 7.84. The van der Waals surface area contributed by atoms with Gasteiger partial charge in [-0.2, -0.15) is 5.10 Å². The number of hydrogen-bond donors (Lipinski definition) is 2. The van der Waals surface area contributed by atoms with Crippen LogP contribution >= 0.6 is 0 Å². The third-order valence-corrected chi connectivity index (χ3v) is 4.74. The van der Waals surface area contributed by atoms with E-state index in [1.165, 1.54) is 16.7 Å². The summed E-state index contributed by atoms with van der Waals surface area (Å²) < 4.78 is 26.5. The minimum Gasteiger partial charge on any atom is -0.326 e. The number of H-pyrrole nitrogens is 1. The lowest BCUT2D eigenvalue weighted by Gasteiger charge is -2.23. The Bertz CT molecular complexity index is 636. The second-order valence-electron chi connectivity index (χ2n) is 4.38. The maximum Gasteiger partial charge on any atom is 0.267 e. The van der Waals surface area contributed by atoms with Crippen LogP contribution in [0.25, 0.3) is 0 Å². The molecule has 20 heavy (non-hydrogen) atoms. The molecule has 0 radical (unpaired) electrons. The van der Waals surface area contributed by atoms with Crippen molar-refractivity contribution in [3.63, 3.8) is 0 Å². The number of sulfonamides is 1. The normalized spacial score (nSPS) is 11.5. The molecule has 6 nitrogen and oxygen atoms in total. The fraction of sp³-hybridized carbons (Fsp3) is 0.308. The van der Waals surface area contributed by atoms with Crippen molar-refractivity contribution in [2.24, 2.45) is 5.73 Å². The molecule has 2 aromatic rings. The average molecular weight is 294 g/mol. The van der Waals surface area contributed by atoms with Crippen LogP contribution in [0, 0.1) is 0 Å². The quantitative estimate of drug-likeness (QED) is 0.844. The monoisotopic (exact) mass is 294 g/mol. The molecule has 0 unspecified atom stereocenters. The van der Waals surface area contributed by atoms with Crippen molar-refractivity contribution in [2.45, 2.75) is 24.8 Å². The molecule has 0 saturated heterocycles. The zero-order chi connectivity index (χ0) is 14.6. The van der Waals surface area contributed by atoms with Crippen LogP contribution in [-0.4, -0.2) is 25.2 Å². The van der Waals surface area contributed by atoms with Crippen LogP contribution in [-0.2, 0) is 16.6 Å². The molecule has 0 spiro atoms. The summed E-state index contributed by atoms with van der Waals surface area (Å²) in [7, 11) is -3.58. The molecule has 2 rings (SSSR count). The Labute approximate surface area is 118 Å². The first kappa shape index (κ1) is 14.5. The van der Waals surface area contributed by atoms with Crippen molar-refractivity contribution in [1.82, 2.24) is 10.2 Å². The van der Waals surface area contributed by atoms with Gasteiger partial charge in [-0.3, -0.25) is 9.40 Å². The maximum absolute atomic E-state index is 12.6. The third kappa shape index (κ3) is 2.83. The molecule has 0 saturated carbocycles. The Balaban J connectivity index is 2.40. The predicted molar refractivity (Wildman–Crippen MR) is 77.7 cm³/mol. The Morgan fingerprint density at radius 1 is 1.30 bits per heavy atom. The number of anilines is 1. The van der Waals surface area contributed by atoms with Crippen molar-refractivity contribution in [3.8, 4) is 0 Å². The molecular weight excluding hydrogens is 276 g/mol. The van der Waals surface area contributed by atoms with E-state index in [0.29, 0.717) is 18.8 Å². The summed E-state index contributed by atoms with van der Waals surface area (Å²) in [5.74, 6) is 0. The van der Waals surface area contributed by atoms with E-state index < -0.39 is 10.0 Å². The van der Waals surface area contributed by atoms with Gasteiger partial charge in [-0.05, 0) is 24.1 Å². The highest BCUT2D eigenvalue weighted by atomic mass is 32.2. The van der Waals surface area contributed by atoms with Gasteiger partial charge in [0.1, 0.15) is 4.90 Å². The number of nitrogens with two attached hydrogens (primary N) is 1. The third-order valence-electron chi connectivity index (χ3n) is 2.95. The van der Waals surface area contributed by atoms with E-state index >= 15 is 0 Å². The molecule has 0 bridgehead atoms. The number of benzene rings is 1. The zero-order valence-electron chi connectivity index (χ0n) is 11.3. The van der Waals surface area contributed by atoms with Gasteiger partial charge in [0, 0.05) is 19.3 Å². The van der Waals surface area contributed by atoms with Crippen LogP contribution < -0.4 is 10.0 Å². The molecule has 0 amide bonds. The molecule has 0 aliphatic heterocycles. The summed E-state index contributed by atoms with van der Waals surface area (Å²) >= 11 is 0. The van der Waals surface area contributed by atoms with Crippen molar-refractivity contribution >= 4 is 15.7 Å². The highest BCUT2D eigenvalue weighted by molar-refractivity contribution is 7.92. The number of nitrogens with one attached hydrogen (secondary N) is 1. The molecule has 3 N–H and O–H groups in total. The van der Waals surface area contributed by atoms with Gasteiger partial charge in [0.25, 0.3) is 10.0 Å². The Morgan fingerprint density at radius 2 is 2.00 bits per heavy atom. The Kier molecular flexibility index (Phi) is 4.41. The predicted octanol–water partition coefficient (Wildman–Crippen LogP) is 1.47. The summed E-state index contributed by atoms with van der Waals surface area (Å²) in [5.41, 5.74) is 7.15. The van der Waals surface area contributed by atoms with Gasteiger partial charge in [-0.15, -0.1) is 0 Å². The molecule has 0 aliphatic rings. The molecule has 7 heteroatoms. The van der Waals surface area contributed by atoms with Gasteiger partial charge in [0.2, 0.25) is 0 Å². The van der Waals surface area contributed by atoms with Crippen LogP contribution in [0.5, 0.6) is 0 Å². The second-order valence-corrected chi connectivity index (χ2v) is 6.24. The highest BCUT2D eigenvalue weighted by Gasteiger charge is 2.25. The molecule has 0 fully saturated rings. The van der Waals surface area contributed by atoms with Crippen molar-refractivity contribution < 1.29 is 8.42 Å².